The van der Waals surface area contributed by atoms with E-state index < -0.39 is 5.97 Å². The molecule has 2 atom stereocenters. The van der Waals surface area contributed by atoms with Crippen molar-refractivity contribution in [3.05, 3.63) is 22.9 Å². The molecule has 5 heteroatoms. The molecule has 21 heavy (non-hydrogen) atoms. The number of fused-ring (bicyclic) bond motifs is 1. The first-order valence-electron chi connectivity index (χ1n) is 7.61. The van der Waals surface area contributed by atoms with Crippen molar-refractivity contribution in [3.63, 3.8) is 0 Å². The highest BCUT2D eigenvalue weighted by atomic mass is 16.4. The zero-order chi connectivity index (χ0) is 14.8. The van der Waals surface area contributed by atoms with E-state index in [-0.39, 0.29) is 12.0 Å². The quantitative estimate of drug-likeness (QED) is 0.891. The molecule has 0 aromatic carbocycles. The lowest BCUT2D eigenvalue weighted by Gasteiger charge is -2.30. The lowest BCUT2D eigenvalue weighted by atomic mass is 9.84. The minimum absolute atomic E-state index is 0.129. The summed E-state index contributed by atoms with van der Waals surface area (Å²) in [6, 6.07) is 3.97. The summed E-state index contributed by atoms with van der Waals surface area (Å²) in [6.07, 6.45) is 6.51. The lowest BCUT2D eigenvalue weighted by molar-refractivity contribution is -0.143. The van der Waals surface area contributed by atoms with Gasteiger partial charge < -0.3 is 10.4 Å². The standard InChI is InChI=1S/C16H19N3O2/c17-9-11-8-10-4-3-7-13(10)18-15(11)19-14-6-2-1-5-12(14)16(20)21/h8,12,14H,1-7H2,(H,18,19)(H,20,21). The molecule has 3 rings (SSSR count). The molecule has 0 aliphatic heterocycles. The molecule has 5 nitrogen and oxygen atoms in total. The van der Waals surface area contributed by atoms with Gasteiger partial charge in [0.2, 0.25) is 0 Å². The van der Waals surface area contributed by atoms with Crippen LogP contribution in [0.4, 0.5) is 5.82 Å². The number of aryl methyl sites for hydroxylation is 2. The number of carboxylic acid groups (broad SMARTS) is 1. The highest BCUT2D eigenvalue weighted by molar-refractivity contribution is 5.72. The average Bonchev–Trinajstić information content (AvgIpc) is 2.94. The number of pyridine rings is 1. The third kappa shape index (κ3) is 2.71. The molecule has 2 N–H and O–H groups in total. The highest BCUT2D eigenvalue weighted by Gasteiger charge is 2.31. The van der Waals surface area contributed by atoms with E-state index in [4.69, 9.17) is 0 Å². The Morgan fingerprint density at radius 3 is 2.90 bits per heavy atom. The maximum Gasteiger partial charge on any atom is 0.308 e. The second-order valence-corrected chi connectivity index (χ2v) is 5.94. The molecular weight excluding hydrogens is 266 g/mol. The number of nitrogens with zero attached hydrogens (tertiary/aromatic N) is 2. The van der Waals surface area contributed by atoms with E-state index in [1.165, 1.54) is 0 Å². The maximum atomic E-state index is 11.4. The number of nitriles is 1. The SMILES string of the molecule is N#Cc1cc2c(nc1NC1CCCCC1C(=O)O)CCC2. The summed E-state index contributed by atoms with van der Waals surface area (Å²) < 4.78 is 0. The van der Waals surface area contributed by atoms with Gasteiger partial charge >= 0.3 is 5.97 Å². The van der Waals surface area contributed by atoms with Gasteiger partial charge in [-0.1, -0.05) is 12.8 Å². The van der Waals surface area contributed by atoms with Crippen molar-refractivity contribution in [1.82, 2.24) is 4.98 Å². The fraction of sp³-hybridized carbons (Fsp3) is 0.562. The molecule has 1 saturated carbocycles. The van der Waals surface area contributed by atoms with Crippen LogP contribution >= 0.6 is 0 Å². The van der Waals surface area contributed by atoms with Gasteiger partial charge in [0.25, 0.3) is 0 Å². The molecule has 0 radical (unpaired) electrons. The van der Waals surface area contributed by atoms with Crippen molar-refractivity contribution in [3.8, 4) is 6.07 Å². The third-order valence-electron chi connectivity index (χ3n) is 4.58. The van der Waals surface area contributed by atoms with Crippen molar-refractivity contribution in [2.45, 2.75) is 51.0 Å². The fourth-order valence-electron chi connectivity index (χ4n) is 3.44. The van der Waals surface area contributed by atoms with Gasteiger partial charge in [-0.05, 0) is 43.7 Å². The van der Waals surface area contributed by atoms with Crippen LogP contribution in [0.15, 0.2) is 6.07 Å². The topological polar surface area (TPSA) is 86.0 Å². The Kier molecular flexibility index (Phi) is 3.78. The number of aromatic nitrogens is 1. The van der Waals surface area contributed by atoms with Gasteiger partial charge in [0.05, 0.1) is 11.5 Å². The molecule has 1 fully saturated rings. The fourth-order valence-corrected chi connectivity index (χ4v) is 3.44. The summed E-state index contributed by atoms with van der Waals surface area (Å²) in [4.78, 5) is 16.0. The highest BCUT2D eigenvalue weighted by Crippen LogP contribution is 2.30. The first-order chi connectivity index (χ1) is 10.2. The predicted octanol–water partition coefficient (Wildman–Crippen LogP) is 2.50. The van der Waals surface area contributed by atoms with Crippen LogP contribution in [-0.4, -0.2) is 22.1 Å². The molecule has 1 aromatic heterocycles. The van der Waals surface area contributed by atoms with Gasteiger partial charge in [-0.2, -0.15) is 5.26 Å². The molecule has 0 amide bonds. The number of anilines is 1. The average molecular weight is 285 g/mol. The Morgan fingerprint density at radius 1 is 1.33 bits per heavy atom. The first-order valence-corrected chi connectivity index (χ1v) is 7.61. The van der Waals surface area contributed by atoms with Crippen LogP contribution in [0.2, 0.25) is 0 Å². The minimum atomic E-state index is -0.758. The Labute approximate surface area is 124 Å². The lowest BCUT2D eigenvalue weighted by Crippen LogP contribution is -2.37. The van der Waals surface area contributed by atoms with Crippen molar-refractivity contribution in [2.75, 3.05) is 5.32 Å². The van der Waals surface area contributed by atoms with Crippen LogP contribution in [0.5, 0.6) is 0 Å². The van der Waals surface area contributed by atoms with Crippen molar-refractivity contribution >= 4 is 11.8 Å². The predicted molar refractivity (Wildman–Crippen MR) is 78.0 cm³/mol. The van der Waals surface area contributed by atoms with E-state index in [0.717, 1.165) is 49.8 Å². The second kappa shape index (κ2) is 5.72. The largest absolute Gasteiger partial charge is 0.481 e. The smallest absolute Gasteiger partial charge is 0.308 e. The van der Waals surface area contributed by atoms with Crippen LogP contribution in [-0.2, 0) is 17.6 Å². The number of carbonyl (C=O) groups is 1. The van der Waals surface area contributed by atoms with Gasteiger partial charge in [0, 0.05) is 11.7 Å². The molecular formula is C16H19N3O2. The summed E-state index contributed by atoms with van der Waals surface area (Å²) in [7, 11) is 0. The van der Waals surface area contributed by atoms with E-state index in [1.807, 2.05) is 6.07 Å². The van der Waals surface area contributed by atoms with E-state index in [1.54, 1.807) is 0 Å². The van der Waals surface area contributed by atoms with Gasteiger partial charge in [0.1, 0.15) is 11.9 Å². The van der Waals surface area contributed by atoms with Crippen molar-refractivity contribution in [1.29, 1.82) is 5.26 Å². The number of rotatable bonds is 3. The molecule has 0 saturated heterocycles. The van der Waals surface area contributed by atoms with E-state index in [0.29, 0.717) is 17.8 Å². The number of hydrogen-bond acceptors (Lipinski definition) is 4. The molecule has 0 bridgehead atoms. The maximum absolute atomic E-state index is 11.4. The number of aliphatic carboxylic acids is 1. The molecule has 0 spiro atoms. The summed E-state index contributed by atoms with van der Waals surface area (Å²) in [5.41, 5.74) is 2.75. The van der Waals surface area contributed by atoms with Crippen LogP contribution in [0, 0.1) is 17.2 Å². The summed E-state index contributed by atoms with van der Waals surface area (Å²) in [5, 5.41) is 21.9. The number of hydrogen-bond donors (Lipinski definition) is 2. The minimum Gasteiger partial charge on any atom is -0.481 e. The summed E-state index contributed by atoms with van der Waals surface area (Å²) in [5.74, 6) is -0.580. The first kappa shape index (κ1) is 13.9. The molecule has 110 valence electrons. The van der Waals surface area contributed by atoms with Crippen LogP contribution in [0.3, 0.4) is 0 Å². The van der Waals surface area contributed by atoms with Gasteiger partial charge in [-0.25, -0.2) is 4.98 Å². The van der Waals surface area contributed by atoms with Gasteiger partial charge in [-0.15, -0.1) is 0 Å². The van der Waals surface area contributed by atoms with Crippen molar-refractivity contribution in [2.24, 2.45) is 5.92 Å². The zero-order valence-electron chi connectivity index (χ0n) is 11.9. The molecule has 1 aromatic rings. The Morgan fingerprint density at radius 2 is 2.14 bits per heavy atom. The van der Waals surface area contributed by atoms with E-state index >= 15 is 0 Å². The van der Waals surface area contributed by atoms with Gasteiger partial charge in [0.15, 0.2) is 0 Å². The van der Waals surface area contributed by atoms with Crippen LogP contribution in [0.1, 0.15) is 48.9 Å². The number of nitrogens with one attached hydrogen (secondary N) is 1. The summed E-state index contributed by atoms with van der Waals surface area (Å²) >= 11 is 0. The van der Waals surface area contributed by atoms with Crippen LogP contribution in [0.25, 0.3) is 0 Å². The van der Waals surface area contributed by atoms with Crippen LogP contribution < -0.4 is 5.32 Å². The van der Waals surface area contributed by atoms with E-state index in [9.17, 15) is 15.2 Å². The Hall–Kier alpha value is -2.09. The molecule has 2 aliphatic rings. The monoisotopic (exact) mass is 285 g/mol. The third-order valence-corrected chi connectivity index (χ3v) is 4.58. The molecule has 2 aliphatic carbocycles. The number of carboxylic acids is 1. The second-order valence-electron chi connectivity index (χ2n) is 5.94. The van der Waals surface area contributed by atoms with Gasteiger partial charge in [-0.3, -0.25) is 4.79 Å². The Bertz CT molecular complexity index is 606. The Balaban J connectivity index is 1.87. The molecule has 2 unspecified atom stereocenters. The van der Waals surface area contributed by atoms with E-state index in [2.05, 4.69) is 16.4 Å². The zero-order valence-corrected chi connectivity index (χ0v) is 11.9. The molecule has 1 heterocycles. The summed E-state index contributed by atoms with van der Waals surface area (Å²) in [6.45, 7) is 0. The van der Waals surface area contributed by atoms with Crippen molar-refractivity contribution < 1.29 is 9.90 Å². The normalized spacial score (nSPS) is 24.1.